The Hall–Kier alpha value is -0.570. The molecule has 78 valence electrons. The van der Waals surface area contributed by atoms with Crippen LogP contribution in [0.2, 0.25) is 0 Å². The van der Waals surface area contributed by atoms with Crippen molar-refractivity contribution < 1.29 is 0 Å². The molecule has 1 atom stereocenters. The van der Waals surface area contributed by atoms with Gasteiger partial charge < -0.3 is 5.32 Å². The van der Waals surface area contributed by atoms with Gasteiger partial charge in [-0.2, -0.15) is 0 Å². The van der Waals surface area contributed by atoms with Crippen LogP contribution in [0.15, 0.2) is 4.99 Å². The van der Waals surface area contributed by atoms with Crippen LogP contribution in [0.1, 0.15) is 25.7 Å². The van der Waals surface area contributed by atoms with Gasteiger partial charge in [0.2, 0.25) is 0 Å². The standard InChI is InChI=1S/C11H19N3/c1-5-14-6-2-9(1)7-10(14)8-11-12-3-4-13-11/h9-10H,1-8H2,(H,12,13). The van der Waals surface area contributed by atoms with Crippen LogP contribution in [0.25, 0.3) is 0 Å². The molecule has 4 heterocycles. The zero-order chi connectivity index (χ0) is 9.38. The van der Waals surface area contributed by atoms with Gasteiger partial charge in [0, 0.05) is 19.0 Å². The summed E-state index contributed by atoms with van der Waals surface area (Å²) < 4.78 is 0. The topological polar surface area (TPSA) is 27.6 Å². The van der Waals surface area contributed by atoms with Crippen LogP contribution in [0.4, 0.5) is 0 Å². The molecule has 1 N–H and O–H groups in total. The highest BCUT2D eigenvalue weighted by Crippen LogP contribution is 2.33. The second kappa shape index (κ2) is 3.54. The smallest absolute Gasteiger partial charge is 0.0980 e. The van der Waals surface area contributed by atoms with Crippen molar-refractivity contribution in [2.75, 3.05) is 26.2 Å². The van der Waals surface area contributed by atoms with Gasteiger partial charge in [-0.1, -0.05) is 0 Å². The summed E-state index contributed by atoms with van der Waals surface area (Å²) in [5, 5.41) is 3.39. The first-order valence-electron chi connectivity index (χ1n) is 5.93. The molecule has 0 saturated carbocycles. The molecule has 0 aromatic rings. The summed E-state index contributed by atoms with van der Waals surface area (Å²) >= 11 is 0. The maximum absolute atomic E-state index is 4.49. The molecule has 4 rings (SSSR count). The summed E-state index contributed by atoms with van der Waals surface area (Å²) in [4.78, 5) is 7.16. The normalized spacial score (nSPS) is 40.9. The zero-order valence-electron chi connectivity index (χ0n) is 8.71. The van der Waals surface area contributed by atoms with E-state index in [9.17, 15) is 0 Å². The van der Waals surface area contributed by atoms with Gasteiger partial charge in [0.1, 0.15) is 0 Å². The maximum Gasteiger partial charge on any atom is 0.0980 e. The van der Waals surface area contributed by atoms with E-state index in [1.165, 1.54) is 44.6 Å². The summed E-state index contributed by atoms with van der Waals surface area (Å²) in [6.45, 7) is 4.72. The lowest BCUT2D eigenvalue weighted by Crippen LogP contribution is -2.50. The predicted octanol–water partition coefficient (Wildman–Crippen LogP) is 0.863. The molecule has 0 amide bonds. The van der Waals surface area contributed by atoms with Crippen LogP contribution in [0.3, 0.4) is 0 Å². The molecule has 0 radical (unpaired) electrons. The molecule has 3 nitrogen and oxygen atoms in total. The Kier molecular flexibility index (Phi) is 2.20. The van der Waals surface area contributed by atoms with E-state index in [0.717, 1.165) is 25.0 Å². The first-order valence-corrected chi connectivity index (χ1v) is 5.93. The zero-order valence-corrected chi connectivity index (χ0v) is 8.71. The highest BCUT2D eigenvalue weighted by atomic mass is 15.2. The Balaban J connectivity index is 1.62. The Morgan fingerprint density at radius 1 is 1.36 bits per heavy atom. The van der Waals surface area contributed by atoms with Crippen molar-refractivity contribution in [1.82, 2.24) is 10.2 Å². The molecular formula is C11H19N3. The third kappa shape index (κ3) is 1.54. The second-order valence-electron chi connectivity index (χ2n) is 4.83. The number of hydrogen-bond donors (Lipinski definition) is 1. The summed E-state index contributed by atoms with van der Waals surface area (Å²) in [7, 11) is 0. The highest BCUT2D eigenvalue weighted by molar-refractivity contribution is 5.84. The number of aliphatic imine (C=N–C) groups is 1. The maximum atomic E-state index is 4.49. The first kappa shape index (κ1) is 8.72. The lowest BCUT2D eigenvalue weighted by molar-refractivity contribution is 0.0531. The van der Waals surface area contributed by atoms with Gasteiger partial charge in [-0.15, -0.1) is 0 Å². The minimum absolute atomic E-state index is 0.798. The number of rotatable bonds is 2. The summed E-state index contributed by atoms with van der Waals surface area (Å²) in [5.74, 6) is 2.29. The molecule has 0 spiro atoms. The van der Waals surface area contributed by atoms with E-state index in [4.69, 9.17) is 0 Å². The molecule has 2 bridgehead atoms. The SMILES string of the molecule is C1CNC(CC2CC3CCN2CC3)=N1. The van der Waals surface area contributed by atoms with E-state index < -0.39 is 0 Å². The lowest BCUT2D eigenvalue weighted by atomic mass is 9.82. The third-order valence-electron chi connectivity index (χ3n) is 3.94. The minimum atomic E-state index is 0.798. The summed E-state index contributed by atoms with van der Waals surface area (Å²) in [6.07, 6.45) is 5.48. The molecule has 0 aliphatic carbocycles. The number of piperidine rings is 3. The predicted molar refractivity (Wildman–Crippen MR) is 57.6 cm³/mol. The van der Waals surface area contributed by atoms with Crippen molar-refractivity contribution in [1.29, 1.82) is 0 Å². The number of fused-ring (bicyclic) bond motifs is 3. The molecule has 3 heteroatoms. The highest BCUT2D eigenvalue weighted by Gasteiger charge is 2.34. The van der Waals surface area contributed by atoms with Crippen molar-refractivity contribution in [2.45, 2.75) is 31.7 Å². The Bertz CT molecular complexity index is 241. The van der Waals surface area contributed by atoms with Gasteiger partial charge in [0.05, 0.1) is 12.4 Å². The van der Waals surface area contributed by atoms with Crippen LogP contribution >= 0.6 is 0 Å². The molecule has 14 heavy (non-hydrogen) atoms. The number of hydrogen-bond acceptors (Lipinski definition) is 3. The van der Waals surface area contributed by atoms with Crippen molar-refractivity contribution in [3.63, 3.8) is 0 Å². The van der Waals surface area contributed by atoms with Crippen LogP contribution in [0, 0.1) is 5.92 Å². The van der Waals surface area contributed by atoms with E-state index in [1.54, 1.807) is 0 Å². The first-order chi connectivity index (χ1) is 6.92. The molecule has 3 saturated heterocycles. The van der Waals surface area contributed by atoms with Gasteiger partial charge in [-0.05, 0) is 38.3 Å². The van der Waals surface area contributed by atoms with Crippen LogP contribution in [-0.2, 0) is 0 Å². The van der Waals surface area contributed by atoms with Crippen molar-refractivity contribution >= 4 is 5.84 Å². The number of nitrogens with one attached hydrogen (secondary N) is 1. The van der Waals surface area contributed by atoms with Crippen LogP contribution in [-0.4, -0.2) is 43.0 Å². The fourth-order valence-electron chi connectivity index (χ4n) is 3.11. The van der Waals surface area contributed by atoms with E-state index in [0.29, 0.717) is 0 Å². The van der Waals surface area contributed by atoms with Crippen molar-refractivity contribution in [2.24, 2.45) is 10.9 Å². The molecule has 1 unspecified atom stereocenters. The second-order valence-corrected chi connectivity index (χ2v) is 4.83. The van der Waals surface area contributed by atoms with E-state index in [-0.39, 0.29) is 0 Å². The molecule has 4 aliphatic heterocycles. The van der Waals surface area contributed by atoms with Gasteiger partial charge in [0.25, 0.3) is 0 Å². The number of amidine groups is 1. The molecule has 0 aromatic heterocycles. The van der Waals surface area contributed by atoms with E-state index in [1.807, 2.05) is 0 Å². The fraction of sp³-hybridized carbons (Fsp3) is 0.909. The fourth-order valence-corrected chi connectivity index (χ4v) is 3.11. The van der Waals surface area contributed by atoms with Crippen molar-refractivity contribution in [3.05, 3.63) is 0 Å². The van der Waals surface area contributed by atoms with Gasteiger partial charge in [-0.3, -0.25) is 9.89 Å². The van der Waals surface area contributed by atoms with E-state index in [2.05, 4.69) is 15.2 Å². The van der Waals surface area contributed by atoms with Crippen LogP contribution < -0.4 is 5.32 Å². The molecule has 0 aromatic carbocycles. The van der Waals surface area contributed by atoms with Crippen molar-refractivity contribution in [3.8, 4) is 0 Å². The molecule has 3 fully saturated rings. The lowest BCUT2D eigenvalue weighted by Gasteiger charge is -2.45. The molecule has 4 aliphatic rings. The van der Waals surface area contributed by atoms with E-state index >= 15 is 0 Å². The Morgan fingerprint density at radius 3 is 2.79 bits per heavy atom. The van der Waals surface area contributed by atoms with Gasteiger partial charge in [0.15, 0.2) is 0 Å². The van der Waals surface area contributed by atoms with Gasteiger partial charge >= 0.3 is 0 Å². The quantitative estimate of drug-likeness (QED) is 0.704. The average molecular weight is 193 g/mol. The molecular weight excluding hydrogens is 174 g/mol. The average Bonchev–Trinajstić information content (AvgIpc) is 2.72. The third-order valence-corrected chi connectivity index (χ3v) is 3.94. The Morgan fingerprint density at radius 2 is 2.21 bits per heavy atom. The number of nitrogens with zero attached hydrogens (tertiary/aromatic N) is 2. The minimum Gasteiger partial charge on any atom is -0.372 e. The summed E-state index contributed by atoms with van der Waals surface area (Å²) in [6, 6.07) is 0.798. The van der Waals surface area contributed by atoms with Gasteiger partial charge in [-0.25, -0.2) is 0 Å². The Labute approximate surface area is 85.6 Å². The largest absolute Gasteiger partial charge is 0.372 e. The van der Waals surface area contributed by atoms with Crippen LogP contribution in [0.5, 0.6) is 0 Å². The summed E-state index contributed by atoms with van der Waals surface area (Å²) in [5.41, 5.74) is 0. The monoisotopic (exact) mass is 193 g/mol.